The number of halogens is 1. The third-order valence-corrected chi connectivity index (χ3v) is 2.60. The number of carbonyl (C=O) groups excluding carboxylic acids is 1. The summed E-state index contributed by atoms with van der Waals surface area (Å²) in [5.74, 6) is 0.0180. The SMILES string of the molecule is Cc1cc(Br)cc(C(=O)c2ccc[nH]2)c1. The molecule has 1 aromatic heterocycles. The van der Waals surface area contributed by atoms with Crippen LogP contribution in [0.25, 0.3) is 0 Å². The van der Waals surface area contributed by atoms with Crippen molar-refractivity contribution in [3.05, 3.63) is 57.8 Å². The molecule has 0 amide bonds. The second-order valence-corrected chi connectivity index (χ2v) is 4.35. The molecule has 2 rings (SSSR count). The molecule has 0 fully saturated rings. The first-order valence-corrected chi connectivity index (χ1v) is 5.41. The topological polar surface area (TPSA) is 32.9 Å². The number of aromatic nitrogens is 1. The van der Waals surface area contributed by atoms with Gasteiger partial charge in [0.05, 0.1) is 5.69 Å². The molecule has 0 unspecified atom stereocenters. The number of ketones is 1. The number of hydrogen-bond acceptors (Lipinski definition) is 1. The van der Waals surface area contributed by atoms with Gasteiger partial charge in [-0.2, -0.15) is 0 Å². The van der Waals surface area contributed by atoms with E-state index in [-0.39, 0.29) is 5.78 Å². The van der Waals surface area contributed by atoms with Crippen LogP contribution in [0.5, 0.6) is 0 Å². The highest BCUT2D eigenvalue weighted by atomic mass is 79.9. The predicted octanol–water partition coefficient (Wildman–Crippen LogP) is 3.32. The summed E-state index contributed by atoms with van der Waals surface area (Å²) in [7, 11) is 0. The Morgan fingerprint density at radius 1 is 1.33 bits per heavy atom. The second kappa shape index (κ2) is 4.03. The molecule has 1 N–H and O–H groups in total. The summed E-state index contributed by atoms with van der Waals surface area (Å²) < 4.78 is 0.928. The van der Waals surface area contributed by atoms with Gasteiger partial charge >= 0.3 is 0 Å². The van der Waals surface area contributed by atoms with Gasteiger partial charge in [-0.05, 0) is 42.8 Å². The summed E-state index contributed by atoms with van der Waals surface area (Å²) in [4.78, 5) is 14.9. The zero-order valence-electron chi connectivity index (χ0n) is 8.25. The van der Waals surface area contributed by atoms with Crippen LogP contribution >= 0.6 is 15.9 Å². The number of benzene rings is 1. The van der Waals surface area contributed by atoms with Gasteiger partial charge in [0.15, 0.2) is 0 Å². The number of aryl methyl sites for hydroxylation is 1. The van der Waals surface area contributed by atoms with Gasteiger partial charge in [-0.25, -0.2) is 0 Å². The average Bonchev–Trinajstić information content (AvgIpc) is 2.67. The maximum absolute atomic E-state index is 12.0. The molecule has 0 spiro atoms. The molecule has 15 heavy (non-hydrogen) atoms. The van der Waals surface area contributed by atoms with E-state index in [1.54, 1.807) is 12.3 Å². The lowest BCUT2D eigenvalue weighted by Crippen LogP contribution is -2.01. The minimum Gasteiger partial charge on any atom is -0.359 e. The second-order valence-electron chi connectivity index (χ2n) is 3.43. The van der Waals surface area contributed by atoms with Crippen LogP contribution < -0.4 is 0 Å². The lowest BCUT2D eigenvalue weighted by molar-refractivity contribution is 0.103. The van der Waals surface area contributed by atoms with Crippen LogP contribution in [0.3, 0.4) is 0 Å². The Kier molecular flexibility index (Phi) is 2.73. The Labute approximate surface area is 96.5 Å². The van der Waals surface area contributed by atoms with Crippen molar-refractivity contribution in [3.8, 4) is 0 Å². The third-order valence-electron chi connectivity index (χ3n) is 2.15. The van der Waals surface area contributed by atoms with Crippen LogP contribution in [0.15, 0.2) is 41.0 Å². The maximum Gasteiger partial charge on any atom is 0.209 e. The first-order chi connectivity index (χ1) is 7.16. The van der Waals surface area contributed by atoms with Gasteiger partial charge in [0.25, 0.3) is 0 Å². The summed E-state index contributed by atoms with van der Waals surface area (Å²) in [6, 6.07) is 9.28. The molecule has 1 aromatic carbocycles. The molecule has 0 atom stereocenters. The molecule has 76 valence electrons. The Bertz CT molecular complexity index is 468. The number of carbonyl (C=O) groups is 1. The molecule has 3 heteroatoms. The molecule has 0 saturated heterocycles. The minimum atomic E-state index is 0.0180. The quantitative estimate of drug-likeness (QED) is 0.829. The molecule has 1 heterocycles. The fraction of sp³-hybridized carbons (Fsp3) is 0.0833. The monoisotopic (exact) mass is 263 g/mol. The van der Waals surface area contributed by atoms with E-state index in [2.05, 4.69) is 20.9 Å². The minimum absolute atomic E-state index is 0.0180. The lowest BCUT2D eigenvalue weighted by atomic mass is 10.1. The molecule has 2 nitrogen and oxygen atoms in total. The van der Waals surface area contributed by atoms with Crippen molar-refractivity contribution < 1.29 is 4.79 Å². The fourth-order valence-corrected chi connectivity index (χ4v) is 2.10. The molecule has 2 aromatic rings. The summed E-state index contributed by atoms with van der Waals surface area (Å²) in [6.07, 6.45) is 1.75. The number of H-pyrrole nitrogens is 1. The van der Waals surface area contributed by atoms with E-state index in [4.69, 9.17) is 0 Å². The highest BCUT2D eigenvalue weighted by molar-refractivity contribution is 9.10. The first-order valence-electron chi connectivity index (χ1n) is 4.62. The smallest absolute Gasteiger partial charge is 0.209 e. The van der Waals surface area contributed by atoms with Gasteiger partial charge in [0, 0.05) is 16.2 Å². The Balaban J connectivity index is 2.42. The summed E-state index contributed by atoms with van der Waals surface area (Å²) >= 11 is 3.38. The van der Waals surface area contributed by atoms with Crippen molar-refractivity contribution in [1.82, 2.24) is 4.98 Å². The van der Waals surface area contributed by atoms with Crippen LogP contribution in [-0.4, -0.2) is 10.8 Å². The largest absolute Gasteiger partial charge is 0.359 e. The Hall–Kier alpha value is -1.35. The van der Waals surface area contributed by atoms with Crippen molar-refractivity contribution in [3.63, 3.8) is 0 Å². The van der Waals surface area contributed by atoms with Crippen LogP contribution in [0, 0.1) is 6.92 Å². The average molecular weight is 264 g/mol. The predicted molar refractivity (Wildman–Crippen MR) is 63.1 cm³/mol. The molecule has 0 saturated carbocycles. The van der Waals surface area contributed by atoms with Crippen LogP contribution in [0.1, 0.15) is 21.6 Å². The van der Waals surface area contributed by atoms with E-state index in [1.165, 1.54) is 0 Å². The van der Waals surface area contributed by atoms with Crippen molar-refractivity contribution >= 4 is 21.7 Å². The molecular weight excluding hydrogens is 254 g/mol. The molecular formula is C12H10BrNO. The van der Waals surface area contributed by atoms with E-state index in [0.29, 0.717) is 11.3 Å². The van der Waals surface area contributed by atoms with E-state index < -0.39 is 0 Å². The highest BCUT2D eigenvalue weighted by Gasteiger charge is 2.10. The van der Waals surface area contributed by atoms with Crippen molar-refractivity contribution in [2.75, 3.05) is 0 Å². The highest BCUT2D eigenvalue weighted by Crippen LogP contribution is 2.17. The fourth-order valence-electron chi connectivity index (χ4n) is 1.49. The van der Waals surface area contributed by atoms with E-state index in [1.807, 2.05) is 31.2 Å². The van der Waals surface area contributed by atoms with Crippen molar-refractivity contribution in [1.29, 1.82) is 0 Å². The van der Waals surface area contributed by atoms with Gasteiger partial charge in [-0.3, -0.25) is 4.79 Å². The Morgan fingerprint density at radius 3 is 2.73 bits per heavy atom. The third kappa shape index (κ3) is 2.18. The summed E-state index contributed by atoms with van der Waals surface area (Å²) in [5, 5.41) is 0. The number of nitrogens with one attached hydrogen (secondary N) is 1. The van der Waals surface area contributed by atoms with E-state index in [9.17, 15) is 4.79 Å². The zero-order chi connectivity index (χ0) is 10.8. The van der Waals surface area contributed by atoms with Gasteiger partial charge < -0.3 is 4.98 Å². The van der Waals surface area contributed by atoms with Gasteiger partial charge in [-0.1, -0.05) is 15.9 Å². The van der Waals surface area contributed by atoms with Crippen molar-refractivity contribution in [2.45, 2.75) is 6.92 Å². The summed E-state index contributed by atoms with van der Waals surface area (Å²) in [5.41, 5.74) is 2.39. The molecule has 0 aliphatic heterocycles. The van der Waals surface area contributed by atoms with Crippen LogP contribution in [0.2, 0.25) is 0 Å². The zero-order valence-corrected chi connectivity index (χ0v) is 9.84. The molecule has 0 radical (unpaired) electrons. The molecule has 0 bridgehead atoms. The van der Waals surface area contributed by atoms with Gasteiger partial charge in [0.2, 0.25) is 5.78 Å². The van der Waals surface area contributed by atoms with Gasteiger partial charge in [-0.15, -0.1) is 0 Å². The summed E-state index contributed by atoms with van der Waals surface area (Å²) in [6.45, 7) is 1.97. The number of aromatic amines is 1. The van der Waals surface area contributed by atoms with Crippen LogP contribution in [0.4, 0.5) is 0 Å². The van der Waals surface area contributed by atoms with E-state index >= 15 is 0 Å². The standard InChI is InChI=1S/C12H10BrNO/c1-8-5-9(7-10(13)6-8)12(15)11-3-2-4-14-11/h2-7,14H,1H3. The maximum atomic E-state index is 12.0. The lowest BCUT2D eigenvalue weighted by Gasteiger charge is -2.01. The number of hydrogen-bond donors (Lipinski definition) is 1. The number of rotatable bonds is 2. The first kappa shape index (κ1) is 10.2. The van der Waals surface area contributed by atoms with E-state index in [0.717, 1.165) is 10.0 Å². The Morgan fingerprint density at radius 2 is 2.13 bits per heavy atom. The normalized spacial score (nSPS) is 10.3. The molecule has 0 aliphatic carbocycles. The van der Waals surface area contributed by atoms with Crippen LogP contribution in [-0.2, 0) is 0 Å². The van der Waals surface area contributed by atoms with Crippen molar-refractivity contribution in [2.24, 2.45) is 0 Å². The van der Waals surface area contributed by atoms with Gasteiger partial charge in [0.1, 0.15) is 0 Å². The molecule has 0 aliphatic rings.